The van der Waals surface area contributed by atoms with Gasteiger partial charge in [-0.2, -0.15) is 0 Å². The Hall–Kier alpha value is -1.92. The highest BCUT2D eigenvalue weighted by molar-refractivity contribution is 9.10. The summed E-state index contributed by atoms with van der Waals surface area (Å²) in [5, 5.41) is 6.19. The molecule has 24 heavy (non-hydrogen) atoms. The maximum atomic E-state index is 12.4. The molecule has 0 atom stereocenters. The first kappa shape index (κ1) is 18.4. The second-order valence-corrected chi connectivity index (χ2v) is 6.79. The topological polar surface area (TPSA) is 57.3 Å². The number of nitrogens with zero attached hydrogens (tertiary/aromatic N) is 2. The van der Waals surface area contributed by atoms with E-state index in [1.165, 1.54) is 0 Å². The molecule has 0 aliphatic heterocycles. The first-order valence-corrected chi connectivity index (χ1v) is 8.67. The van der Waals surface area contributed by atoms with Crippen molar-refractivity contribution in [2.75, 3.05) is 37.8 Å². The molecule has 0 aliphatic carbocycles. The lowest BCUT2D eigenvalue weighted by molar-refractivity contribution is 0.102. The molecule has 0 bridgehead atoms. The van der Waals surface area contributed by atoms with Crippen LogP contribution in [0.2, 0.25) is 0 Å². The van der Waals surface area contributed by atoms with E-state index in [4.69, 9.17) is 0 Å². The third-order valence-corrected chi connectivity index (χ3v) is 4.39. The number of carbonyl (C=O) groups excluding carboxylic acids is 1. The molecule has 2 aromatic rings. The highest BCUT2D eigenvalue weighted by atomic mass is 79.9. The van der Waals surface area contributed by atoms with Gasteiger partial charge < -0.3 is 15.5 Å². The molecule has 1 heterocycles. The normalized spacial score (nSPS) is 10.7. The van der Waals surface area contributed by atoms with Crippen LogP contribution in [0.5, 0.6) is 0 Å². The van der Waals surface area contributed by atoms with Crippen LogP contribution in [0.1, 0.15) is 22.5 Å². The van der Waals surface area contributed by atoms with E-state index in [1.54, 1.807) is 12.3 Å². The van der Waals surface area contributed by atoms with Crippen LogP contribution in [-0.2, 0) is 0 Å². The van der Waals surface area contributed by atoms with Gasteiger partial charge in [-0.15, -0.1) is 0 Å². The third kappa shape index (κ3) is 5.62. The van der Waals surface area contributed by atoms with E-state index in [1.807, 2.05) is 31.2 Å². The summed E-state index contributed by atoms with van der Waals surface area (Å²) in [7, 11) is 4.11. The monoisotopic (exact) mass is 390 g/mol. The zero-order valence-corrected chi connectivity index (χ0v) is 15.9. The number of halogens is 1. The first-order valence-electron chi connectivity index (χ1n) is 7.88. The number of pyridine rings is 1. The molecule has 1 aromatic carbocycles. The Balaban J connectivity index is 1.96. The molecule has 2 N–H and O–H groups in total. The molecular weight excluding hydrogens is 368 g/mol. The molecule has 0 unspecified atom stereocenters. The summed E-state index contributed by atoms with van der Waals surface area (Å²) in [5.41, 5.74) is 3.15. The molecule has 6 heteroatoms. The van der Waals surface area contributed by atoms with Gasteiger partial charge >= 0.3 is 0 Å². The summed E-state index contributed by atoms with van der Waals surface area (Å²) in [6, 6.07) is 9.36. The Kier molecular flexibility index (Phi) is 6.75. The van der Waals surface area contributed by atoms with Crippen molar-refractivity contribution < 1.29 is 4.79 Å². The number of benzene rings is 1. The fourth-order valence-corrected chi connectivity index (χ4v) is 2.54. The maximum absolute atomic E-state index is 12.4. The number of anilines is 2. The van der Waals surface area contributed by atoms with Crippen molar-refractivity contribution in [2.45, 2.75) is 13.3 Å². The van der Waals surface area contributed by atoms with Crippen molar-refractivity contribution in [1.29, 1.82) is 0 Å². The van der Waals surface area contributed by atoms with Crippen molar-refractivity contribution in [2.24, 2.45) is 0 Å². The predicted molar refractivity (Wildman–Crippen MR) is 103 cm³/mol. The Morgan fingerprint density at radius 3 is 2.71 bits per heavy atom. The summed E-state index contributed by atoms with van der Waals surface area (Å²) in [6.07, 6.45) is 2.68. The summed E-state index contributed by atoms with van der Waals surface area (Å²) >= 11 is 3.47. The second kappa shape index (κ2) is 8.80. The summed E-state index contributed by atoms with van der Waals surface area (Å²) < 4.78 is 0.963. The molecule has 2 rings (SSSR count). The van der Waals surface area contributed by atoms with Gasteiger partial charge in [0.15, 0.2) is 0 Å². The average Bonchev–Trinajstić information content (AvgIpc) is 2.55. The summed E-state index contributed by atoms with van der Waals surface area (Å²) in [5.74, 6) is -0.220. The minimum Gasteiger partial charge on any atom is -0.385 e. The third-order valence-electron chi connectivity index (χ3n) is 3.53. The molecule has 1 amide bonds. The van der Waals surface area contributed by atoms with Gasteiger partial charge in [-0.3, -0.25) is 9.78 Å². The van der Waals surface area contributed by atoms with Gasteiger partial charge in [-0.1, -0.05) is 22.0 Å². The summed E-state index contributed by atoms with van der Waals surface area (Å²) in [6.45, 7) is 3.88. The molecule has 128 valence electrons. The molecule has 0 fully saturated rings. The molecule has 5 nitrogen and oxygen atoms in total. The van der Waals surface area contributed by atoms with Gasteiger partial charge in [0.2, 0.25) is 0 Å². The number of hydrogen-bond donors (Lipinski definition) is 2. The van der Waals surface area contributed by atoms with E-state index < -0.39 is 0 Å². The zero-order valence-electron chi connectivity index (χ0n) is 14.3. The average molecular weight is 391 g/mol. The van der Waals surface area contributed by atoms with Crippen LogP contribution in [0.4, 0.5) is 11.4 Å². The quantitative estimate of drug-likeness (QED) is 0.706. The van der Waals surface area contributed by atoms with Crippen LogP contribution in [-0.4, -0.2) is 43.0 Å². The fourth-order valence-electron chi connectivity index (χ4n) is 2.16. The van der Waals surface area contributed by atoms with Crippen LogP contribution in [0, 0.1) is 6.92 Å². The fraction of sp³-hybridized carbons (Fsp3) is 0.333. The Labute approximate surface area is 151 Å². The van der Waals surface area contributed by atoms with Crippen molar-refractivity contribution >= 4 is 33.2 Å². The van der Waals surface area contributed by atoms with Gasteiger partial charge in [0, 0.05) is 28.6 Å². The van der Waals surface area contributed by atoms with E-state index in [0.717, 1.165) is 40.9 Å². The molecule has 0 saturated heterocycles. The van der Waals surface area contributed by atoms with E-state index >= 15 is 0 Å². The lowest BCUT2D eigenvalue weighted by Gasteiger charge is -2.11. The Morgan fingerprint density at radius 2 is 2.00 bits per heavy atom. The van der Waals surface area contributed by atoms with Crippen molar-refractivity contribution in [1.82, 2.24) is 9.88 Å². The first-order chi connectivity index (χ1) is 11.5. The smallest absolute Gasteiger partial charge is 0.274 e. The van der Waals surface area contributed by atoms with Gasteiger partial charge in [0.25, 0.3) is 5.91 Å². The maximum Gasteiger partial charge on any atom is 0.274 e. The van der Waals surface area contributed by atoms with E-state index in [2.05, 4.69) is 50.5 Å². The number of amides is 1. The molecule has 0 saturated carbocycles. The van der Waals surface area contributed by atoms with Gasteiger partial charge in [-0.25, -0.2) is 0 Å². The predicted octanol–water partition coefficient (Wildman–Crippen LogP) is 3.77. The lowest BCUT2D eigenvalue weighted by atomic mass is 10.2. The minimum atomic E-state index is -0.220. The number of aromatic nitrogens is 1. The molecule has 1 aromatic heterocycles. The van der Waals surface area contributed by atoms with Crippen molar-refractivity contribution in [3.05, 3.63) is 52.3 Å². The minimum absolute atomic E-state index is 0.220. The van der Waals surface area contributed by atoms with E-state index in [-0.39, 0.29) is 5.91 Å². The van der Waals surface area contributed by atoms with Crippen molar-refractivity contribution in [3.63, 3.8) is 0 Å². The second-order valence-electron chi connectivity index (χ2n) is 5.93. The number of hydrogen-bond acceptors (Lipinski definition) is 4. The molecule has 0 spiro atoms. The highest BCUT2D eigenvalue weighted by Crippen LogP contribution is 2.21. The Morgan fingerprint density at radius 1 is 1.21 bits per heavy atom. The highest BCUT2D eigenvalue weighted by Gasteiger charge is 2.09. The number of nitrogens with one attached hydrogen (secondary N) is 2. The number of aryl methyl sites for hydroxylation is 1. The number of rotatable bonds is 7. The van der Waals surface area contributed by atoms with Gasteiger partial charge in [0.05, 0.1) is 0 Å². The lowest BCUT2D eigenvalue weighted by Crippen LogP contribution is -2.17. The van der Waals surface area contributed by atoms with Crippen LogP contribution in [0.25, 0.3) is 0 Å². The standard InChI is InChI=1S/C18H23BrN4O/c1-13-5-6-15(11-16(13)19)22-18(24)17-12-14(7-9-21-17)20-8-4-10-23(2)3/h5-7,9,11-12H,4,8,10H2,1-3H3,(H,20,21)(H,22,24). The van der Waals surface area contributed by atoms with Crippen LogP contribution in [0.15, 0.2) is 41.0 Å². The molecule has 0 aliphatic rings. The van der Waals surface area contributed by atoms with Gasteiger partial charge in [0.1, 0.15) is 5.69 Å². The Bertz CT molecular complexity index is 703. The number of carbonyl (C=O) groups is 1. The largest absolute Gasteiger partial charge is 0.385 e. The molecule has 0 radical (unpaired) electrons. The van der Waals surface area contributed by atoms with Crippen molar-refractivity contribution in [3.8, 4) is 0 Å². The van der Waals surface area contributed by atoms with Crippen LogP contribution < -0.4 is 10.6 Å². The summed E-state index contributed by atoms with van der Waals surface area (Å²) in [4.78, 5) is 18.7. The zero-order chi connectivity index (χ0) is 17.5. The van der Waals surface area contributed by atoms with Crippen LogP contribution >= 0.6 is 15.9 Å². The SMILES string of the molecule is Cc1ccc(NC(=O)c2cc(NCCCN(C)C)ccn2)cc1Br. The van der Waals surface area contributed by atoms with Crippen LogP contribution in [0.3, 0.4) is 0 Å². The van der Waals surface area contributed by atoms with E-state index in [9.17, 15) is 4.79 Å². The van der Waals surface area contributed by atoms with Gasteiger partial charge in [-0.05, 0) is 63.8 Å². The van der Waals surface area contributed by atoms with E-state index in [0.29, 0.717) is 5.69 Å². The molecular formula is C18H23BrN4O.